The second-order valence-corrected chi connectivity index (χ2v) is 5.31. The fraction of sp³-hybridized carbons (Fsp3) is 0.562. The van der Waals surface area contributed by atoms with Crippen LogP contribution in [0, 0.1) is 5.92 Å². The van der Waals surface area contributed by atoms with Gasteiger partial charge in [0.1, 0.15) is 0 Å². The molecular formula is C16H26N2O. The Morgan fingerprint density at radius 3 is 2.47 bits per heavy atom. The lowest BCUT2D eigenvalue weighted by Gasteiger charge is -2.21. The molecule has 1 rings (SSSR count). The van der Waals surface area contributed by atoms with E-state index in [-0.39, 0.29) is 11.8 Å². The molecule has 0 aromatic heterocycles. The zero-order valence-corrected chi connectivity index (χ0v) is 12.1. The molecule has 1 amide bonds. The summed E-state index contributed by atoms with van der Waals surface area (Å²) >= 11 is 0. The average molecular weight is 262 g/mol. The van der Waals surface area contributed by atoms with Gasteiger partial charge >= 0.3 is 0 Å². The van der Waals surface area contributed by atoms with Gasteiger partial charge in [-0.05, 0) is 36.8 Å². The standard InChI is InChI=1S/C16H26N2O/c1-13(2)15(14-8-4-3-5-9-14)12-16(19)18-11-7-6-10-17/h3-5,8-9,13,15H,6-7,10-12,17H2,1-2H3,(H,18,19). The van der Waals surface area contributed by atoms with Crippen LogP contribution in [0.3, 0.4) is 0 Å². The van der Waals surface area contributed by atoms with Crippen molar-refractivity contribution in [2.24, 2.45) is 11.7 Å². The number of hydrogen-bond donors (Lipinski definition) is 2. The molecule has 0 bridgehead atoms. The van der Waals surface area contributed by atoms with Crippen molar-refractivity contribution in [2.75, 3.05) is 13.1 Å². The van der Waals surface area contributed by atoms with E-state index in [1.165, 1.54) is 5.56 Å². The van der Waals surface area contributed by atoms with Crippen LogP contribution in [0.2, 0.25) is 0 Å². The van der Waals surface area contributed by atoms with Gasteiger partial charge in [0.15, 0.2) is 0 Å². The topological polar surface area (TPSA) is 55.1 Å². The molecule has 0 aliphatic carbocycles. The molecule has 0 fully saturated rings. The van der Waals surface area contributed by atoms with Crippen molar-refractivity contribution >= 4 is 5.91 Å². The van der Waals surface area contributed by atoms with Crippen molar-refractivity contribution in [3.8, 4) is 0 Å². The lowest BCUT2D eigenvalue weighted by molar-refractivity contribution is -0.121. The van der Waals surface area contributed by atoms with Crippen LogP contribution in [-0.4, -0.2) is 19.0 Å². The molecule has 1 aromatic rings. The molecule has 0 aliphatic rings. The highest BCUT2D eigenvalue weighted by Crippen LogP contribution is 2.27. The highest BCUT2D eigenvalue weighted by Gasteiger charge is 2.18. The molecule has 0 aliphatic heterocycles. The highest BCUT2D eigenvalue weighted by atomic mass is 16.1. The van der Waals surface area contributed by atoms with E-state index in [0.717, 1.165) is 19.4 Å². The van der Waals surface area contributed by atoms with E-state index in [1.54, 1.807) is 0 Å². The van der Waals surface area contributed by atoms with Gasteiger partial charge in [0, 0.05) is 13.0 Å². The molecule has 0 radical (unpaired) electrons. The Labute approximate surface area is 116 Å². The Balaban J connectivity index is 2.48. The van der Waals surface area contributed by atoms with Gasteiger partial charge in [-0.3, -0.25) is 4.79 Å². The molecule has 1 atom stereocenters. The molecule has 0 saturated carbocycles. The van der Waals surface area contributed by atoms with Crippen molar-refractivity contribution < 1.29 is 4.79 Å². The number of amides is 1. The van der Waals surface area contributed by atoms with Gasteiger partial charge in [0.25, 0.3) is 0 Å². The van der Waals surface area contributed by atoms with Crippen molar-refractivity contribution in [1.82, 2.24) is 5.32 Å². The molecule has 0 saturated heterocycles. The summed E-state index contributed by atoms with van der Waals surface area (Å²) in [4.78, 5) is 12.0. The number of benzene rings is 1. The summed E-state index contributed by atoms with van der Waals surface area (Å²) in [5.74, 6) is 0.882. The minimum atomic E-state index is 0.138. The van der Waals surface area contributed by atoms with Gasteiger partial charge in [-0.2, -0.15) is 0 Å². The van der Waals surface area contributed by atoms with Gasteiger partial charge in [-0.25, -0.2) is 0 Å². The van der Waals surface area contributed by atoms with Crippen LogP contribution in [-0.2, 0) is 4.79 Å². The Morgan fingerprint density at radius 1 is 1.21 bits per heavy atom. The third-order valence-electron chi connectivity index (χ3n) is 3.39. The number of carbonyl (C=O) groups is 1. The van der Waals surface area contributed by atoms with Gasteiger partial charge in [-0.15, -0.1) is 0 Å². The maximum atomic E-state index is 12.0. The lowest BCUT2D eigenvalue weighted by atomic mass is 9.85. The van der Waals surface area contributed by atoms with Crippen LogP contribution in [0.15, 0.2) is 30.3 Å². The molecule has 0 spiro atoms. The zero-order chi connectivity index (χ0) is 14.1. The first-order chi connectivity index (χ1) is 9.15. The van der Waals surface area contributed by atoms with Crippen LogP contribution < -0.4 is 11.1 Å². The molecule has 3 nitrogen and oxygen atoms in total. The van der Waals surface area contributed by atoms with Crippen molar-refractivity contribution in [2.45, 2.75) is 39.0 Å². The summed E-state index contributed by atoms with van der Waals surface area (Å²) in [7, 11) is 0. The van der Waals surface area contributed by atoms with E-state index in [9.17, 15) is 4.79 Å². The zero-order valence-electron chi connectivity index (χ0n) is 12.1. The minimum Gasteiger partial charge on any atom is -0.356 e. The van der Waals surface area contributed by atoms with Crippen molar-refractivity contribution in [3.05, 3.63) is 35.9 Å². The fourth-order valence-corrected chi connectivity index (χ4v) is 2.21. The van der Waals surface area contributed by atoms with Crippen LogP contribution in [0.1, 0.15) is 44.6 Å². The number of nitrogens with one attached hydrogen (secondary N) is 1. The monoisotopic (exact) mass is 262 g/mol. The van der Waals surface area contributed by atoms with E-state index >= 15 is 0 Å². The predicted octanol–water partition coefficient (Wildman–Crippen LogP) is 2.67. The Hall–Kier alpha value is -1.35. The largest absolute Gasteiger partial charge is 0.356 e. The van der Waals surface area contributed by atoms with Crippen LogP contribution in [0.5, 0.6) is 0 Å². The van der Waals surface area contributed by atoms with E-state index in [4.69, 9.17) is 5.73 Å². The Bertz CT molecular complexity index is 362. The number of hydrogen-bond acceptors (Lipinski definition) is 2. The van der Waals surface area contributed by atoms with Gasteiger partial charge in [0.2, 0.25) is 5.91 Å². The number of nitrogens with two attached hydrogens (primary N) is 1. The molecule has 1 unspecified atom stereocenters. The SMILES string of the molecule is CC(C)C(CC(=O)NCCCCN)c1ccccc1. The first-order valence-electron chi connectivity index (χ1n) is 7.17. The smallest absolute Gasteiger partial charge is 0.220 e. The number of carbonyl (C=O) groups excluding carboxylic acids is 1. The highest BCUT2D eigenvalue weighted by molar-refractivity contribution is 5.76. The van der Waals surface area contributed by atoms with Crippen molar-refractivity contribution in [3.63, 3.8) is 0 Å². The quantitative estimate of drug-likeness (QED) is 0.708. The Morgan fingerprint density at radius 2 is 1.89 bits per heavy atom. The summed E-state index contributed by atoms with van der Waals surface area (Å²) in [6, 6.07) is 10.3. The van der Waals surface area contributed by atoms with E-state index in [2.05, 4.69) is 31.3 Å². The average Bonchev–Trinajstić information content (AvgIpc) is 2.41. The second kappa shape index (κ2) is 8.70. The van der Waals surface area contributed by atoms with E-state index in [1.807, 2.05) is 18.2 Å². The van der Waals surface area contributed by atoms with Gasteiger partial charge < -0.3 is 11.1 Å². The lowest BCUT2D eigenvalue weighted by Crippen LogP contribution is -2.27. The summed E-state index contributed by atoms with van der Waals surface area (Å²) in [5.41, 5.74) is 6.67. The minimum absolute atomic E-state index is 0.138. The van der Waals surface area contributed by atoms with E-state index < -0.39 is 0 Å². The summed E-state index contributed by atoms with van der Waals surface area (Å²) in [5, 5.41) is 2.98. The van der Waals surface area contributed by atoms with E-state index in [0.29, 0.717) is 18.9 Å². The number of unbranched alkanes of at least 4 members (excludes halogenated alkanes) is 1. The first-order valence-corrected chi connectivity index (χ1v) is 7.17. The summed E-state index contributed by atoms with van der Waals surface area (Å²) in [6.07, 6.45) is 2.48. The van der Waals surface area contributed by atoms with Crippen molar-refractivity contribution in [1.29, 1.82) is 0 Å². The van der Waals surface area contributed by atoms with Gasteiger partial charge in [-0.1, -0.05) is 44.2 Å². The summed E-state index contributed by atoms with van der Waals surface area (Å²) in [6.45, 7) is 5.75. The maximum absolute atomic E-state index is 12.0. The number of rotatable bonds is 8. The molecular weight excluding hydrogens is 236 g/mol. The summed E-state index contributed by atoms with van der Waals surface area (Å²) < 4.78 is 0. The molecule has 1 aromatic carbocycles. The molecule has 0 heterocycles. The second-order valence-electron chi connectivity index (χ2n) is 5.31. The normalized spacial score (nSPS) is 12.4. The molecule has 3 N–H and O–H groups in total. The van der Waals surface area contributed by atoms with Crippen LogP contribution in [0.4, 0.5) is 0 Å². The predicted molar refractivity (Wildman–Crippen MR) is 79.9 cm³/mol. The van der Waals surface area contributed by atoms with Crippen LogP contribution in [0.25, 0.3) is 0 Å². The van der Waals surface area contributed by atoms with Crippen LogP contribution >= 0.6 is 0 Å². The molecule has 106 valence electrons. The Kier molecular flexibility index (Phi) is 7.19. The van der Waals surface area contributed by atoms with Gasteiger partial charge in [0.05, 0.1) is 0 Å². The third kappa shape index (κ3) is 5.88. The fourth-order valence-electron chi connectivity index (χ4n) is 2.21. The molecule has 3 heteroatoms. The first kappa shape index (κ1) is 15.7. The third-order valence-corrected chi connectivity index (χ3v) is 3.39. The maximum Gasteiger partial charge on any atom is 0.220 e. The molecule has 19 heavy (non-hydrogen) atoms.